The summed E-state index contributed by atoms with van der Waals surface area (Å²) in [7, 11) is 0. The number of rotatable bonds is 4. The lowest BCUT2D eigenvalue weighted by Crippen LogP contribution is -1.95. The summed E-state index contributed by atoms with van der Waals surface area (Å²) < 4.78 is 0. The lowest BCUT2D eigenvalue weighted by atomic mass is 9.94. The van der Waals surface area contributed by atoms with Crippen LogP contribution in [0.3, 0.4) is 0 Å². The van der Waals surface area contributed by atoms with Crippen LogP contribution < -0.4 is 0 Å². The molecule has 12 rings (SSSR count). The fourth-order valence-corrected chi connectivity index (χ4v) is 8.81. The van der Waals surface area contributed by atoms with Crippen LogP contribution in [0.5, 0.6) is 0 Å². The topological polar surface area (TPSA) is 64.5 Å². The van der Waals surface area contributed by atoms with Crippen molar-refractivity contribution in [1.29, 1.82) is 0 Å². The first kappa shape index (κ1) is 32.4. The molecule has 0 aliphatic carbocycles. The van der Waals surface area contributed by atoms with Gasteiger partial charge >= 0.3 is 0 Å². The van der Waals surface area contributed by atoms with Crippen molar-refractivity contribution in [3.05, 3.63) is 188 Å². The molecule has 0 amide bonds. The van der Waals surface area contributed by atoms with Crippen LogP contribution in [0.15, 0.2) is 188 Å². The molecule has 0 fully saturated rings. The number of pyridine rings is 5. The molecule has 0 saturated carbocycles. The third kappa shape index (κ3) is 5.00. The molecule has 5 heterocycles. The highest BCUT2D eigenvalue weighted by Gasteiger charge is 2.19. The van der Waals surface area contributed by atoms with E-state index in [9.17, 15) is 0 Å². The van der Waals surface area contributed by atoms with Crippen molar-refractivity contribution in [2.75, 3.05) is 0 Å². The molecule has 0 bridgehead atoms. The van der Waals surface area contributed by atoms with Gasteiger partial charge in [-0.15, -0.1) is 0 Å². The number of aromatic nitrogens is 5. The minimum Gasteiger partial charge on any atom is -0.256 e. The predicted octanol–water partition coefficient (Wildman–Crippen LogP) is 13.4. The monoisotopic (exact) mass is 737 g/mol. The van der Waals surface area contributed by atoms with Gasteiger partial charge in [0.1, 0.15) is 0 Å². The molecular formula is C53H31N5. The molecule has 0 unspecified atom stereocenters. The van der Waals surface area contributed by atoms with Crippen LogP contribution >= 0.6 is 0 Å². The molecule has 0 aliphatic heterocycles. The molecule has 7 aromatic carbocycles. The molecular weight excluding hydrogens is 707 g/mol. The second-order valence-corrected chi connectivity index (χ2v) is 14.8. The van der Waals surface area contributed by atoms with Crippen molar-refractivity contribution in [1.82, 2.24) is 24.9 Å². The smallest absolute Gasteiger partial charge is 0.0978 e. The van der Waals surface area contributed by atoms with Crippen LogP contribution in [0.2, 0.25) is 0 Å². The van der Waals surface area contributed by atoms with E-state index in [0.717, 1.165) is 110 Å². The summed E-state index contributed by atoms with van der Waals surface area (Å²) in [5, 5.41) is 7.49. The standard InChI is InChI=1S/C53H31N5/c1-3-12-32(13-4-1)47-38-16-7-9-19-43(38)57-52-41(47)25-21-34-23-29-45(55-49(34)52)36-27-28-40(51-37(36)18-11-31-54-51)46-30-24-35-22-26-42-48(33-14-5-2-6-15-33)39-17-8-10-20-44(39)58-53(42)50(35)56-46/h1-31H. The minimum absolute atomic E-state index is 0.841. The fourth-order valence-electron chi connectivity index (χ4n) is 8.81. The van der Waals surface area contributed by atoms with Gasteiger partial charge < -0.3 is 0 Å². The highest BCUT2D eigenvalue weighted by atomic mass is 14.8. The van der Waals surface area contributed by atoms with Gasteiger partial charge in [0.2, 0.25) is 0 Å². The van der Waals surface area contributed by atoms with Crippen molar-refractivity contribution in [3.63, 3.8) is 0 Å². The van der Waals surface area contributed by atoms with E-state index in [1.807, 2.05) is 24.4 Å². The largest absolute Gasteiger partial charge is 0.256 e. The summed E-state index contributed by atoms with van der Waals surface area (Å²) in [5.41, 5.74) is 14.6. The van der Waals surface area contributed by atoms with Gasteiger partial charge in [0.05, 0.1) is 50.0 Å². The van der Waals surface area contributed by atoms with E-state index < -0.39 is 0 Å². The van der Waals surface area contributed by atoms with Gasteiger partial charge in [0, 0.05) is 66.2 Å². The zero-order chi connectivity index (χ0) is 38.2. The summed E-state index contributed by atoms with van der Waals surface area (Å²) in [4.78, 5) is 26.2. The quantitative estimate of drug-likeness (QED) is 0.133. The molecule has 12 aromatic rings. The Balaban J connectivity index is 1.05. The van der Waals surface area contributed by atoms with E-state index in [4.69, 9.17) is 24.9 Å². The summed E-state index contributed by atoms with van der Waals surface area (Å²) >= 11 is 0. The number of nitrogens with zero attached hydrogens (tertiary/aromatic N) is 5. The lowest BCUT2D eigenvalue weighted by Gasteiger charge is -2.15. The van der Waals surface area contributed by atoms with Gasteiger partial charge in [-0.1, -0.05) is 146 Å². The van der Waals surface area contributed by atoms with E-state index in [1.54, 1.807) is 0 Å². The van der Waals surface area contributed by atoms with Crippen molar-refractivity contribution in [2.24, 2.45) is 0 Å². The number of para-hydroxylation sites is 2. The van der Waals surface area contributed by atoms with Crippen LogP contribution in [0.4, 0.5) is 0 Å². The Morgan fingerprint density at radius 1 is 0.276 bits per heavy atom. The number of fused-ring (bicyclic) bond motifs is 9. The Hall–Kier alpha value is -7.89. The maximum Gasteiger partial charge on any atom is 0.0978 e. The predicted molar refractivity (Wildman–Crippen MR) is 240 cm³/mol. The average molecular weight is 738 g/mol. The summed E-state index contributed by atoms with van der Waals surface area (Å²) in [5.74, 6) is 0. The molecule has 0 spiro atoms. The maximum atomic E-state index is 5.39. The Labute approximate surface area is 333 Å². The second-order valence-electron chi connectivity index (χ2n) is 14.8. The van der Waals surface area contributed by atoms with Crippen molar-refractivity contribution in [3.8, 4) is 44.8 Å². The Morgan fingerprint density at radius 3 is 1.31 bits per heavy atom. The van der Waals surface area contributed by atoms with Crippen molar-refractivity contribution in [2.45, 2.75) is 0 Å². The van der Waals surface area contributed by atoms with Crippen molar-refractivity contribution < 1.29 is 0 Å². The third-order valence-electron chi connectivity index (χ3n) is 11.5. The van der Waals surface area contributed by atoms with Gasteiger partial charge in [0.25, 0.3) is 0 Å². The number of hydrogen-bond acceptors (Lipinski definition) is 5. The minimum atomic E-state index is 0.841. The molecule has 58 heavy (non-hydrogen) atoms. The van der Waals surface area contributed by atoms with E-state index in [-0.39, 0.29) is 0 Å². The number of benzene rings is 7. The highest BCUT2D eigenvalue weighted by molar-refractivity contribution is 6.18. The Kier molecular flexibility index (Phi) is 7.16. The van der Waals surface area contributed by atoms with E-state index in [0.29, 0.717) is 0 Å². The van der Waals surface area contributed by atoms with Crippen LogP contribution in [-0.2, 0) is 0 Å². The molecule has 5 aromatic heterocycles. The SMILES string of the molecule is c1ccc(-c2c3ccccc3nc3c2ccc2ccc(-c4ccc(-c5ccc6ccc7c(-c8ccccc8)c8ccccc8nc7c6n5)c5ncccc45)nc23)cc1. The molecule has 0 saturated heterocycles. The van der Waals surface area contributed by atoms with E-state index in [1.165, 1.54) is 11.1 Å². The van der Waals surface area contributed by atoms with Gasteiger partial charge in [-0.2, -0.15) is 0 Å². The van der Waals surface area contributed by atoms with Gasteiger partial charge in [-0.05, 0) is 47.5 Å². The molecule has 0 N–H and O–H groups in total. The van der Waals surface area contributed by atoms with Crippen LogP contribution in [0.1, 0.15) is 0 Å². The van der Waals surface area contributed by atoms with E-state index in [2.05, 4.69) is 164 Å². The van der Waals surface area contributed by atoms with Gasteiger partial charge in [-0.25, -0.2) is 19.9 Å². The maximum absolute atomic E-state index is 5.39. The van der Waals surface area contributed by atoms with Crippen LogP contribution in [0.25, 0.3) is 121 Å². The summed E-state index contributed by atoms with van der Waals surface area (Å²) in [6.45, 7) is 0. The second kappa shape index (κ2) is 12.8. The fraction of sp³-hybridized carbons (Fsp3) is 0. The number of hydrogen-bond donors (Lipinski definition) is 0. The first-order chi connectivity index (χ1) is 28.8. The first-order valence-electron chi connectivity index (χ1n) is 19.5. The van der Waals surface area contributed by atoms with Crippen molar-refractivity contribution >= 4 is 76.3 Å². The van der Waals surface area contributed by atoms with Crippen LogP contribution in [0, 0.1) is 0 Å². The van der Waals surface area contributed by atoms with Gasteiger partial charge in [-0.3, -0.25) is 4.98 Å². The summed E-state index contributed by atoms with van der Waals surface area (Å²) in [6, 6.07) is 63.5. The average Bonchev–Trinajstić information content (AvgIpc) is 3.30. The Morgan fingerprint density at radius 2 is 0.741 bits per heavy atom. The summed E-state index contributed by atoms with van der Waals surface area (Å²) in [6.07, 6.45) is 1.85. The molecule has 5 nitrogen and oxygen atoms in total. The third-order valence-corrected chi connectivity index (χ3v) is 11.5. The lowest BCUT2D eigenvalue weighted by molar-refractivity contribution is 1.36. The van der Waals surface area contributed by atoms with Crippen LogP contribution in [-0.4, -0.2) is 24.9 Å². The zero-order valence-electron chi connectivity index (χ0n) is 31.1. The Bertz CT molecular complexity index is 3380. The molecule has 0 atom stereocenters. The normalized spacial score (nSPS) is 11.8. The van der Waals surface area contributed by atoms with Gasteiger partial charge in [0.15, 0.2) is 0 Å². The first-order valence-corrected chi connectivity index (χ1v) is 19.5. The molecule has 0 aliphatic rings. The van der Waals surface area contributed by atoms with E-state index >= 15 is 0 Å². The molecule has 0 radical (unpaired) electrons. The highest BCUT2D eigenvalue weighted by Crippen LogP contribution is 2.41. The molecule has 268 valence electrons. The zero-order valence-corrected chi connectivity index (χ0v) is 31.1. The molecule has 5 heteroatoms.